The standard InChI is InChI=1S/C24H26F6N4O2/c25-23(26,27)17-6-2-8-19(11-17)33-21(35)31-13-15-4-1-5-16(10-15)14-32-22(36)34-20-9-3-7-18(12-20)24(28,29)30/h2-3,6-9,11-12,15-16H,1,4-5,10,13-14H2,(H2,31,33,35)(H2,32,34,36)/t15-,16+. The molecule has 1 fully saturated rings. The Balaban J connectivity index is 1.41. The molecule has 0 aliphatic heterocycles. The maximum Gasteiger partial charge on any atom is 0.416 e. The van der Waals surface area contributed by atoms with E-state index in [9.17, 15) is 35.9 Å². The van der Waals surface area contributed by atoms with E-state index in [4.69, 9.17) is 0 Å². The van der Waals surface area contributed by atoms with Gasteiger partial charge in [0.1, 0.15) is 0 Å². The minimum absolute atomic E-state index is 0.0276. The van der Waals surface area contributed by atoms with Crippen LogP contribution in [0.5, 0.6) is 0 Å². The normalized spacial score (nSPS) is 18.3. The first-order valence-corrected chi connectivity index (χ1v) is 11.3. The summed E-state index contributed by atoms with van der Waals surface area (Å²) in [6.07, 6.45) is -5.77. The Kier molecular flexibility index (Phi) is 8.70. The average Bonchev–Trinajstić information content (AvgIpc) is 2.81. The van der Waals surface area contributed by atoms with Gasteiger partial charge in [0, 0.05) is 24.5 Å². The van der Waals surface area contributed by atoms with Crippen LogP contribution >= 0.6 is 0 Å². The lowest BCUT2D eigenvalue weighted by molar-refractivity contribution is -0.138. The topological polar surface area (TPSA) is 82.3 Å². The second-order valence-corrected chi connectivity index (χ2v) is 8.73. The highest BCUT2D eigenvalue weighted by Gasteiger charge is 2.31. The van der Waals surface area contributed by atoms with E-state index in [2.05, 4.69) is 21.3 Å². The number of nitrogens with one attached hydrogen (secondary N) is 4. The second kappa shape index (κ2) is 11.5. The molecule has 4 amide bonds. The van der Waals surface area contributed by atoms with Gasteiger partial charge in [-0.3, -0.25) is 0 Å². The summed E-state index contributed by atoms with van der Waals surface area (Å²) in [6, 6.07) is 7.45. The molecule has 0 saturated heterocycles. The number of urea groups is 2. The van der Waals surface area contributed by atoms with Gasteiger partial charge in [-0.25, -0.2) is 9.59 Å². The van der Waals surface area contributed by atoms with Crippen molar-refractivity contribution in [3.63, 3.8) is 0 Å². The fraction of sp³-hybridized carbons (Fsp3) is 0.417. The van der Waals surface area contributed by atoms with Crippen molar-refractivity contribution >= 4 is 23.4 Å². The number of anilines is 2. The van der Waals surface area contributed by atoms with E-state index in [1.54, 1.807) is 0 Å². The predicted octanol–water partition coefficient (Wildman–Crippen LogP) is 6.47. The lowest BCUT2D eigenvalue weighted by Gasteiger charge is -2.29. The molecule has 1 aliphatic carbocycles. The van der Waals surface area contributed by atoms with Gasteiger partial charge in [-0.2, -0.15) is 26.3 Å². The fourth-order valence-corrected chi connectivity index (χ4v) is 4.14. The number of halogens is 6. The van der Waals surface area contributed by atoms with Crippen LogP contribution in [0.1, 0.15) is 36.8 Å². The van der Waals surface area contributed by atoms with Gasteiger partial charge in [-0.05, 0) is 67.5 Å². The van der Waals surface area contributed by atoms with Gasteiger partial charge in [0.05, 0.1) is 11.1 Å². The second-order valence-electron chi connectivity index (χ2n) is 8.73. The van der Waals surface area contributed by atoms with Crippen molar-refractivity contribution in [2.75, 3.05) is 23.7 Å². The number of hydrogen-bond acceptors (Lipinski definition) is 2. The van der Waals surface area contributed by atoms with Crippen molar-refractivity contribution in [2.24, 2.45) is 11.8 Å². The molecule has 196 valence electrons. The molecule has 2 aromatic rings. The Hall–Kier alpha value is -3.44. The SMILES string of the molecule is O=C(NC[C@H]1CCC[C@@H](CNC(=O)Nc2cccc(C(F)(F)F)c2)C1)Nc1cccc(C(F)(F)F)c1. The van der Waals surface area contributed by atoms with E-state index in [0.29, 0.717) is 19.5 Å². The molecule has 0 heterocycles. The van der Waals surface area contributed by atoms with Crippen LogP contribution in [-0.2, 0) is 12.4 Å². The molecule has 1 aliphatic rings. The minimum Gasteiger partial charge on any atom is -0.338 e. The lowest BCUT2D eigenvalue weighted by Crippen LogP contribution is -2.38. The lowest BCUT2D eigenvalue weighted by atomic mass is 9.81. The van der Waals surface area contributed by atoms with Gasteiger partial charge in [0.2, 0.25) is 0 Å². The average molecular weight is 516 g/mol. The van der Waals surface area contributed by atoms with E-state index in [0.717, 1.165) is 43.5 Å². The van der Waals surface area contributed by atoms with Crippen molar-refractivity contribution in [1.82, 2.24) is 10.6 Å². The molecule has 0 spiro atoms. The third-order valence-electron chi connectivity index (χ3n) is 5.89. The van der Waals surface area contributed by atoms with Crippen molar-refractivity contribution < 1.29 is 35.9 Å². The summed E-state index contributed by atoms with van der Waals surface area (Å²) in [5.41, 5.74) is -1.67. The van der Waals surface area contributed by atoms with Gasteiger partial charge in [-0.15, -0.1) is 0 Å². The summed E-state index contributed by atoms with van der Waals surface area (Å²) in [5, 5.41) is 10.1. The Morgan fingerprint density at radius 2 is 1.14 bits per heavy atom. The zero-order valence-electron chi connectivity index (χ0n) is 19.1. The molecule has 36 heavy (non-hydrogen) atoms. The Labute approximate surface area is 203 Å². The van der Waals surface area contributed by atoms with Gasteiger partial charge < -0.3 is 21.3 Å². The Morgan fingerprint density at radius 3 is 1.53 bits per heavy atom. The van der Waals surface area contributed by atoms with E-state index in [1.165, 1.54) is 24.3 Å². The number of hydrogen-bond donors (Lipinski definition) is 4. The summed E-state index contributed by atoms with van der Waals surface area (Å²) in [6.45, 7) is 0.634. The van der Waals surface area contributed by atoms with Crippen LogP contribution < -0.4 is 21.3 Å². The van der Waals surface area contributed by atoms with Gasteiger partial charge >= 0.3 is 24.4 Å². The molecule has 0 aromatic heterocycles. The van der Waals surface area contributed by atoms with Crippen molar-refractivity contribution in [3.8, 4) is 0 Å². The highest BCUT2D eigenvalue weighted by atomic mass is 19.4. The molecule has 3 rings (SSSR count). The molecule has 1 saturated carbocycles. The molecule has 2 aromatic carbocycles. The Morgan fingerprint density at radius 1 is 0.722 bits per heavy atom. The number of alkyl halides is 6. The van der Waals surface area contributed by atoms with E-state index < -0.39 is 35.5 Å². The molecular weight excluding hydrogens is 490 g/mol. The van der Waals surface area contributed by atoms with Crippen molar-refractivity contribution in [1.29, 1.82) is 0 Å². The highest BCUT2D eigenvalue weighted by Crippen LogP contribution is 2.32. The first-order valence-electron chi connectivity index (χ1n) is 11.3. The summed E-state index contributed by atoms with van der Waals surface area (Å²) >= 11 is 0. The van der Waals surface area contributed by atoms with Gasteiger partial charge in [-0.1, -0.05) is 18.6 Å². The summed E-state index contributed by atoms with van der Waals surface area (Å²) < 4.78 is 76.9. The molecule has 0 bridgehead atoms. The van der Waals surface area contributed by atoms with Crippen LogP contribution in [0.4, 0.5) is 47.3 Å². The summed E-state index contributed by atoms with van der Waals surface area (Å²) in [5.74, 6) is 0.230. The molecule has 6 nitrogen and oxygen atoms in total. The minimum atomic E-state index is -4.51. The van der Waals surface area contributed by atoms with Crippen LogP contribution in [-0.4, -0.2) is 25.2 Å². The van der Waals surface area contributed by atoms with Crippen LogP contribution in [0.2, 0.25) is 0 Å². The third kappa shape index (κ3) is 8.35. The molecule has 0 unspecified atom stereocenters. The quantitative estimate of drug-likeness (QED) is 0.332. The molecule has 4 N–H and O–H groups in total. The van der Waals surface area contributed by atoms with Crippen LogP contribution in [0.25, 0.3) is 0 Å². The number of carbonyl (C=O) groups is 2. The van der Waals surface area contributed by atoms with Crippen LogP contribution in [0, 0.1) is 11.8 Å². The molecule has 0 radical (unpaired) electrons. The highest BCUT2D eigenvalue weighted by molar-refractivity contribution is 5.89. The van der Waals surface area contributed by atoms with E-state index in [1.807, 2.05) is 0 Å². The number of amides is 4. The van der Waals surface area contributed by atoms with Crippen LogP contribution in [0.3, 0.4) is 0 Å². The Bertz CT molecular complexity index is 976. The molecule has 12 heteroatoms. The number of carbonyl (C=O) groups excluding carboxylic acids is 2. The van der Waals surface area contributed by atoms with E-state index in [-0.39, 0.29) is 23.2 Å². The maximum absolute atomic E-state index is 12.8. The smallest absolute Gasteiger partial charge is 0.338 e. The maximum atomic E-state index is 12.8. The van der Waals surface area contributed by atoms with Crippen molar-refractivity contribution in [2.45, 2.75) is 38.0 Å². The number of rotatable bonds is 6. The number of benzene rings is 2. The summed E-state index contributed by atoms with van der Waals surface area (Å²) in [7, 11) is 0. The first kappa shape index (κ1) is 27.2. The van der Waals surface area contributed by atoms with Gasteiger partial charge in [0.25, 0.3) is 0 Å². The largest absolute Gasteiger partial charge is 0.416 e. The van der Waals surface area contributed by atoms with Crippen molar-refractivity contribution in [3.05, 3.63) is 59.7 Å². The molecule has 2 atom stereocenters. The van der Waals surface area contributed by atoms with Gasteiger partial charge in [0.15, 0.2) is 0 Å². The zero-order valence-corrected chi connectivity index (χ0v) is 19.1. The zero-order chi connectivity index (χ0) is 26.3. The molecular formula is C24H26F6N4O2. The van der Waals surface area contributed by atoms with Crippen LogP contribution in [0.15, 0.2) is 48.5 Å². The third-order valence-corrected chi connectivity index (χ3v) is 5.89. The fourth-order valence-electron chi connectivity index (χ4n) is 4.14. The monoisotopic (exact) mass is 516 g/mol. The van der Waals surface area contributed by atoms with E-state index >= 15 is 0 Å². The summed E-state index contributed by atoms with van der Waals surface area (Å²) in [4.78, 5) is 24.3. The predicted molar refractivity (Wildman–Crippen MR) is 122 cm³/mol. The first-order chi connectivity index (χ1) is 16.9.